The molecule has 1 aromatic rings. The lowest BCUT2D eigenvalue weighted by Gasteiger charge is -2.42. The van der Waals surface area contributed by atoms with Gasteiger partial charge in [-0.1, -0.05) is 244 Å². The van der Waals surface area contributed by atoms with E-state index < -0.39 is 37.4 Å². The van der Waals surface area contributed by atoms with Gasteiger partial charge >= 0.3 is 0 Å². The molecule has 0 bridgehead atoms. The SMILES string of the molecule is ClC(Cl)(Cl)C(Cl)(Cl)C(Cl)(Cl)c1cc(C(Cl)(Cl)C(Cl)(Cl)C(Cl)(Cl)Cl)cc(C(Cl)(Cl)C(Cl)(Cl)C(Cl)(Cl)Cl)c1. The highest BCUT2D eigenvalue weighted by Gasteiger charge is 2.65. The molecule has 1 aromatic carbocycles. The van der Waals surface area contributed by atoms with E-state index in [0.717, 1.165) is 18.2 Å². The molecule has 0 aliphatic carbocycles. The van der Waals surface area contributed by atoms with Gasteiger partial charge in [0, 0.05) is 0 Å². The zero-order valence-corrected chi connectivity index (χ0v) is 31.5. The third-order valence-corrected chi connectivity index (χ3v) is 16.1. The number of hydrogen-bond donors (Lipinski definition) is 0. The molecular formula is C15H3Cl21. The molecule has 0 heterocycles. The van der Waals surface area contributed by atoms with E-state index in [1.807, 2.05) is 0 Å². The number of rotatable bonds is 6. The Kier molecular flexibility index (Phi) is 13.4. The van der Waals surface area contributed by atoms with Crippen molar-refractivity contribution in [3.63, 3.8) is 0 Å². The van der Waals surface area contributed by atoms with E-state index in [2.05, 4.69) is 0 Å². The van der Waals surface area contributed by atoms with E-state index in [9.17, 15) is 0 Å². The van der Waals surface area contributed by atoms with Crippen molar-refractivity contribution >= 4 is 244 Å². The number of alkyl halides is 21. The van der Waals surface area contributed by atoms with Crippen molar-refractivity contribution in [2.75, 3.05) is 0 Å². The summed E-state index contributed by atoms with van der Waals surface area (Å²) in [7, 11) is 0. The first-order valence-electron chi connectivity index (χ1n) is 7.95. The van der Waals surface area contributed by atoms with Crippen LogP contribution in [-0.2, 0) is 13.0 Å². The minimum atomic E-state index is -2.59. The van der Waals surface area contributed by atoms with Crippen molar-refractivity contribution in [1.29, 1.82) is 0 Å². The lowest BCUT2D eigenvalue weighted by Crippen LogP contribution is -2.48. The maximum atomic E-state index is 6.48. The van der Waals surface area contributed by atoms with Gasteiger partial charge in [-0.15, -0.1) is 0 Å². The standard InChI is InChI=1S/C15H3Cl21/c16-7(17,10(22,23)13(28,29)30)4-1-5(8(18,19)11(24,25)14(31,32)33)3-6(2-4)9(20,21)12(26,27)15(34,35)36/h1-3H. The molecule has 0 unspecified atom stereocenters. The average Bonchev–Trinajstić information content (AvgIpc) is 2.64. The molecule has 36 heavy (non-hydrogen) atoms. The summed E-state index contributed by atoms with van der Waals surface area (Å²) in [4.78, 5) is 0. The van der Waals surface area contributed by atoms with Crippen LogP contribution in [0.15, 0.2) is 18.2 Å². The van der Waals surface area contributed by atoms with Crippen LogP contribution < -0.4 is 0 Å². The van der Waals surface area contributed by atoms with Crippen LogP contribution in [0.5, 0.6) is 0 Å². The molecule has 1 rings (SSSR count). The topological polar surface area (TPSA) is 0 Å². The van der Waals surface area contributed by atoms with Crippen LogP contribution in [0.4, 0.5) is 0 Å². The van der Waals surface area contributed by atoms with E-state index in [1.165, 1.54) is 0 Å². The molecule has 0 aliphatic heterocycles. The van der Waals surface area contributed by atoms with Crippen LogP contribution in [-0.4, -0.2) is 24.4 Å². The summed E-state index contributed by atoms with van der Waals surface area (Å²) in [5.41, 5.74) is -1.02. The molecule has 0 saturated carbocycles. The van der Waals surface area contributed by atoms with Gasteiger partial charge in [-0.05, 0) is 34.9 Å². The van der Waals surface area contributed by atoms with Gasteiger partial charge in [-0.2, -0.15) is 0 Å². The Morgan fingerprint density at radius 2 is 0.417 bits per heavy atom. The van der Waals surface area contributed by atoms with Crippen molar-refractivity contribution in [2.24, 2.45) is 0 Å². The molecule has 0 aromatic heterocycles. The normalized spacial score (nSPS) is 15.9. The summed E-state index contributed by atoms with van der Waals surface area (Å²) in [5, 5.41) is 0. The fourth-order valence-electron chi connectivity index (χ4n) is 2.25. The van der Waals surface area contributed by atoms with Gasteiger partial charge in [-0.3, -0.25) is 0 Å². The summed E-state index contributed by atoms with van der Waals surface area (Å²) in [5.74, 6) is 0. The van der Waals surface area contributed by atoms with E-state index in [1.54, 1.807) is 0 Å². The van der Waals surface area contributed by atoms with E-state index in [-0.39, 0.29) is 16.7 Å². The molecule has 21 heteroatoms. The summed E-state index contributed by atoms with van der Waals surface area (Å²) >= 11 is 129. The Hall–Kier alpha value is 5.31. The van der Waals surface area contributed by atoms with Crippen molar-refractivity contribution in [1.82, 2.24) is 0 Å². The van der Waals surface area contributed by atoms with E-state index >= 15 is 0 Å². The quantitative estimate of drug-likeness (QED) is 0.249. The molecule has 0 spiro atoms. The summed E-state index contributed by atoms with van der Waals surface area (Å²) in [6.07, 6.45) is 0. The summed E-state index contributed by atoms with van der Waals surface area (Å²) in [6.45, 7) is 0. The minimum absolute atomic E-state index is 0.340. The van der Waals surface area contributed by atoms with Crippen molar-refractivity contribution < 1.29 is 0 Å². The average molecular weight is 928 g/mol. The highest BCUT2D eigenvalue weighted by molar-refractivity contribution is 6.80. The van der Waals surface area contributed by atoms with E-state index in [4.69, 9.17) is 244 Å². The van der Waals surface area contributed by atoms with E-state index in [0.29, 0.717) is 0 Å². The molecule has 210 valence electrons. The molecular weight excluding hydrogens is 925 g/mol. The van der Waals surface area contributed by atoms with Gasteiger partial charge in [0.05, 0.1) is 0 Å². The van der Waals surface area contributed by atoms with Crippen LogP contribution in [0.25, 0.3) is 0 Å². The first kappa shape index (κ1) is 39.3. The first-order chi connectivity index (χ1) is 15.3. The Balaban J connectivity index is 4.21. The highest BCUT2D eigenvalue weighted by Crippen LogP contribution is 2.65. The second-order valence-electron chi connectivity index (χ2n) is 6.74. The molecule has 0 fully saturated rings. The monoisotopic (exact) mass is 917 g/mol. The van der Waals surface area contributed by atoms with Gasteiger partial charge in [0.2, 0.25) is 24.4 Å². The first-order valence-corrected chi connectivity index (χ1v) is 15.9. The van der Waals surface area contributed by atoms with Crippen LogP contribution in [0, 0.1) is 0 Å². The molecule has 0 radical (unpaired) electrons. The molecule has 0 atom stereocenters. The molecule has 0 nitrogen and oxygen atoms in total. The summed E-state index contributed by atoms with van der Waals surface area (Å²) in [6, 6.07) is 3.16. The number of benzene rings is 1. The smallest absolute Gasteiger partial charge is 0.0930 e. The Bertz CT molecular complexity index is 821. The second-order valence-corrected chi connectivity index (χ2v) is 21.5. The second kappa shape index (κ2) is 12.2. The largest absolute Gasteiger partial charge is 0.226 e. The fourth-order valence-corrected chi connectivity index (χ4v) is 6.56. The van der Waals surface area contributed by atoms with Gasteiger partial charge in [0.25, 0.3) is 0 Å². The minimum Gasteiger partial charge on any atom is -0.0930 e. The number of halogens is 21. The molecule has 0 saturated heterocycles. The van der Waals surface area contributed by atoms with Gasteiger partial charge in [0.15, 0.2) is 13.0 Å². The Morgan fingerprint density at radius 3 is 0.528 bits per heavy atom. The van der Waals surface area contributed by atoms with Gasteiger partial charge in [0.1, 0.15) is 0 Å². The summed E-state index contributed by atoms with van der Waals surface area (Å²) < 4.78 is -22.9. The van der Waals surface area contributed by atoms with Crippen LogP contribution >= 0.6 is 244 Å². The number of hydrogen-bond acceptors (Lipinski definition) is 0. The Labute approximate surface area is 311 Å². The fraction of sp³-hybridized carbons (Fsp3) is 0.600. The maximum absolute atomic E-state index is 6.48. The zero-order valence-electron chi connectivity index (χ0n) is 15.7. The lowest BCUT2D eigenvalue weighted by atomic mass is 9.95. The highest BCUT2D eigenvalue weighted by atomic mass is 35.6. The lowest BCUT2D eigenvalue weighted by molar-refractivity contribution is 0.664. The molecule has 0 aliphatic rings. The molecule has 0 amide bonds. The third-order valence-electron chi connectivity index (χ3n) is 4.27. The molecule has 0 N–H and O–H groups in total. The Morgan fingerprint density at radius 1 is 0.278 bits per heavy atom. The predicted octanol–water partition coefficient (Wildman–Crippen LogP) is 14.2. The van der Waals surface area contributed by atoms with Gasteiger partial charge in [-0.25, -0.2) is 0 Å². The van der Waals surface area contributed by atoms with Crippen LogP contribution in [0.3, 0.4) is 0 Å². The zero-order chi connectivity index (χ0) is 29.4. The maximum Gasteiger partial charge on any atom is 0.226 e. The van der Waals surface area contributed by atoms with Crippen molar-refractivity contribution in [3.8, 4) is 0 Å². The third kappa shape index (κ3) is 7.23. The van der Waals surface area contributed by atoms with Crippen molar-refractivity contribution in [3.05, 3.63) is 34.9 Å². The van der Waals surface area contributed by atoms with Crippen LogP contribution in [0.2, 0.25) is 0 Å². The van der Waals surface area contributed by atoms with Crippen LogP contribution in [0.1, 0.15) is 16.7 Å². The predicted molar refractivity (Wildman–Crippen MR) is 171 cm³/mol. The van der Waals surface area contributed by atoms with Gasteiger partial charge < -0.3 is 0 Å². The van der Waals surface area contributed by atoms with Crippen molar-refractivity contribution in [2.45, 2.75) is 37.4 Å².